The highest BCUT2D eigenvalue weighted by molar-refractivity contribution is 6.51. The number of fused-ring (bicyclic) bond motifs is 1. The molecule has 3 rings (SSSR count). The number of hydrogen-bond donors (Lipinski definition) is 2. The monoisotopic (exact) mass is 364 g/mol. The Labute approximate surface area is 158 Å². The Balaban J connectivity index is 1.91. The first-order chi connectivity index (χ1) is 12.4. The van der Waals surface area contributed by atoms with Crippen LogP contribution in [0, 0.1) is 5.41 Å². The molecule has 3 aromatic rings. The van der Waals surface area contributed by atoms with Crippen molar-refractivity contribution in [3.8, 4) is 5.75 Å². The fraction of sp³-hybridized carbons (Fsp3) is 0.136. The number of nitrogens with one attached hydrogen (secondary N) is 1. The van der Waals surface area contributed by atoms with Crippen LogP contribution in [-0.4, -0.2) is 11.9 Å². The molecule has 0 aliphatic heterocycles. The fourth-order valence-electron chi connectivity index (χ4n) is 2.74. The van der Waals surface area contributed by atoms with Gasteiger partial charge < -0.3 is 10.5 Å². The van der Waals surface area contributed by atoms with Crippen molar-refractivity contribution in [1.29, 1.82) is 5.41 Å². The van der Waals surface area contributed by atoms with Crippen LogP contribution in [0.25, 0.3) is 21.9 Å². The van der Waals surface area contributed by atoms with E-state index >= 15 is 0 Å². The molecule has 0 atom stereocenters. The normalized spacial score (nSPS) is 11.8. The molecule has 0 radical (unpaired) electrons. The van der Waals surface area contributed by atoms with E-state index < -0.39 is 0 Å². The van der Waals surface area contributed by atoms with Crippen molar-refractivity contribution in [2.45, 2.75) is 20.0 Å². The predicted octanol–water partition coefficient (Wildman–Crippen LogP) is 5.65. The lowest BCUT2D eigenvalue weighted by atomic mass is 10.0. The second kappa shape index (κ2) is 7.63. The lowest BCUT2D eigenvalue weighted by Gasteiger charge is -2.10. The molecule has 0 aromatic heterocycles. The molecule has 4 heteroatoms. The number of rotatable bonds is 5. The average molecular weight is 365 g/mol. The van der Waals surface area contributed by atoms with Gasteiger partial charge in [0.1, 0.15) is 11.6 Å². The van der Waals surface area contributed by atoms with Crippen molar-refractivity contribution in [2.24, 2.45) is 5.73 Å². The number of nitrogen functional groups attached to an aromatic ring is 1. The molecule has 3 nitrogen and oxygen atoms in total. The van der Waals surface area contributed by atoms with E-state index in [2.05, 4.69) is 6.07 Å². The lowest BCUT2D eigenvalue weighted by Crippen LogP contribution is -2.10. The summed E-state index contributed by atoms with van der Waals surface area (Å²) in [4.78, 5) is 0. The Hall–Kier alpha value is -2.78. The molecule has 0 aliphatic rings. The molecule has 0 amide bonds. The fourth-order valence-corrected chi connectivity index (χ4v) is 2.98. The van der Waals surface area contributed by atoms with E-state index in [-0.39, 0.29) is 11.9 Å². The Bertz CT molecular complexity index is 992. The first kappa shape index (κ1) is 18.0. The van der Waals surface area contributed by atoms with E-state index in [4.69, 9.17) is 27.5 Å². The third-order valence-corrected chi connectivity index (χ3v) is 4.28. The summed E-state index contributed by atoms with van der Waals surface area (Å²) < 4.78 is 5.73. The Morgan fingerprint density at radius 3 is 2.46 bits per heavy atom. The largest absolute Gasteiger partial charge is 0.491 e. The molecule has 132 valence electrons. The quantitative estimate of drug-likeness (QED) is 0.349. The Morgan fingerprint density at radius 1 is 1.00 bits per heavy atom. The number of amidine groups is 1. The van der Waals surface area contributed by atoms with Crippen molar-refractivity contribution >= 4 is 39.3 Å². The second-order valence-corrected chi connectivity index (χ2v) is 6.83. The molecular formula is C22H21ClN2O. The zero-order valence-corrected chi connectivity index (χ0v) is 15.5. The van der Waals surface area contributed by atoms with Gasteiger partial charge in [0, 0.05) is 10.6 Å². The number of nitrogens with two attached hydrogens (primary N) is 1. The molecule has 0 spiro atoms. The van der Waals surface area contributed by atoms with E-state index in [1.807, 2.05) is 74.5 Å². The third kappa shape index (κ3) is 4.24. The maximum atomic E-state index is 7.54. The second-order valence-electron chi connectivity index (χ2n) is 6.42. The summed E-state index contributed by atoms with van der Waals surface area (Å²) in [7, 11) is 0. The summed E-state index contributed by atoms with van der Waals surface area (Å²) in [5.74, 6) is 0.877. The van der Waals surface area contributed by atoms with Crippen molar-refractivity contribution < 1.29 is 4.74 Å². The summed E-state index contributed by atoms with van der Waals surface area (Å²) in [5, 5.41) is 10.3. The summed E-state index contributed by atoms with van der Waals surface area (Å²) in [6.45, 7) is 3.99. The molecule has 3 aromatic carbocycles. The van der Waals surface area contributed by atoms with Crippen LogP contribution in [-0.2, 0) is 0 Å². The molecule has 0 fully saturated rings. The zero-order chi connectivity index (χ0) is 18.7. The maximum absolute atomic E-state index is 7.54. The van der Waals surface area contributed by atoms with Gasteiger partial charge >= 0.3 is 0 Å². The van der Waals surface area contributed by atoms with Crippen LogP contribution >= 0.6 is 11.6 Å². The smallest absolute Gasteiger partial charge is 0.122 e. The molecule has 0 aliphatic carbocycles. The van der Waals surface area contributed by atoms with Crippen molar-refractivity contribution in [1.82, 2.24) is 0 Å². The topological polar surface area (TPSA) is 59.1 Å². The van der Waals surface area contributed by atoms with Gasteiger partial charge in [-0.3, -0.25) is 5.41 Å². The summed E-state index contributed by atoms with van der Waals surface area (Å²) >= 11 is 6.53. The minimum absolute atomic E-state index is 0.0717. The van der Waals surface area contributed by atoms with E-state index in [0.717, 1.165) is 33.2 Å². The number of ether oxygens (including phenoxy) is 1. The molecule has 0 saturated heterocycles. The average Bonchev–Trinajstić information content (AvgIpc) is 2.60. The van der Waals surface area contributed by atoms with Crippen LogP contribution in [0.4, 0.5) is 0 Å². The maximum Gasteiger partial charge on any atom is 0.122 e. The van der Waals surface area contributed by atoms with E-state index in [1.165, 1.54) is 0 Å². The molecule has 3 N–H and O–H groups in total. The van der Waals surface area contributed by atoms with Crippen LogP contribution in [0.15, 0.2) is 60.7 Å². The number of halogens is 1. The van der Waals surface area contributed by atoms with Gasteiger partial charge in [-0.2, -0.15) is 0 Å². The van der Waals surface area contributed by atoms with Gasteiger partial charge in [0.15, 0.2) is 0 Å². The van der Waals surface area contributed by atoms with E-state index in [0.29, 0.717) is 5.03 Å². The summed E-state index contributed by atoms with van der Waals surface area (Å²) in [6, 6.07) is 19.6. The van der Waals surface area contributed by atoms with Gasteiger partial charge in [0.25, 0.3) is 0 Å². The van der Waals surface area contributed by atoms with Gasteiger partial charge in [0.05, 0.1) is 6.10 Å². The van der Waals surface area contributed by atoms with Crippen LogP contribution in [0.1, 0.15) is 30.5 Å². The van der Waals surface area contributed by atoms with Crippen molar-refractivity contribution in [3.63, 3.8) is 0 Å². The summed E-state index contributed by atoms with van der Waals surface area (Å²) in [5.41, 5.74) is 8.20. The van der Waals surface area contributed by atoms with Gasteiger partial charge in [0.2, 0.25) is 0 Å². The Kier molecular flexibility index (Phi) is 5.29. The van der Waals surface area contributed by atoms with E-state index in [9.17, 15) is 0 Å². The first-order valence-electron chi connectivity index (χ1n) is 8.45. The molecule has 0 unspecified atom stereocenters. The third-order valence-electron chi connectivity index (χ3n) is 3.95. The highest BCUT2D eigenvalue weighted by Gasteiger charge is 2.04. The minimum Gasteiger partial charge on any atom is -0.491 e. The highest BCUT2D eigenvalue weighted by Crippen LogP contribution is 2.27. The van der Waals surface area contributed by atoms with Gasteiger partial charge in [-0.05, 0) is 66.1 Å². The highest BCUT2D eigenvalue weighted by atomic mass is 35.5. The van der Waals surface area contributed by atoms with Gasteiger partial charge in [-0.1, -0.05) is 48.0 Å². The van der Waals surface area contributed by atoms with Crippen LogP contribution < -0.4 is 10.5 Å². The van der Waals surface area contributed by atoms with E-state index in [1.54, 1.807) is 0 Å². The van der Waals surface area contributed by atoms with Crippen LogP contribution in [0.5, 0.6) is 5.75 Å². The molecule has 0 heterocycles. The molecular weight excluding hydrogens is 344 g/mol. The zero-order valence-electron chi connectivity index (χ0n) is 14.8. The SMILES string of the molecule is CC(C)Oc1cccc(/C(Cl)=C\c2ccc3cc(C(=N)N)ccc3c2)c1. The Morgan fingerprint density at radius 2 is 1.73 bits per heavy atom. The lowest BCUT2D eigenvalue weighted by molar-refractivity contribution is 0.242. The molecule has 26 heavy (non-hydrogen) atoms. The minimum atomic E-state index is 0.0717. The van der Waals surface area contributed by atoms with Gasteiger partial charge in [-0.15, -0.1) is 0 Å². The first-order valence-corrected chi connectivity index (χ1v) is 8.82. The summed E-state index contributed by atoms with van der Waals surface area (Å²) in [6.07, 6.45) is 2.06. The molecule has 0 bridgehead atoms. The number of hydrogen-bond acceptors (Lipinski definition) is 2. The predicted molar refractivity (Wildman–Crippen MR) is 111 cm³/mol. The standard InChI is InChI=1S/C22H21ClN2O/c1-14(2)26-20-5-3-4-18(13-20)21(23)11-15-6-7-17-12-19(22(24)25)9-8-16(17)10-15/h3-14H,1-2H3,(H3,24,25)/b21-11+. The van der Waals surface area contributed by atoms with Crippen LogP contribution in [0.2, 0.25) is 0 Å². The van der Waals surface area contributed by atoms with Crippen LogP contribution in [0.3, 0.4) is 0 Å². The number of benzene rings is 3. The van der Waals surface area contributed by atoms with Gasteiger partial charge in [-0.25, -0.2) is 0 Å². The van der Waals surface area contributed by atoms with Crippen molar-refractivity contribution in [3.05, 3.63) is 77.4 Å². The molecule has 0 saturated carbocycles. The van der Waals surface area contributed by atoms with Crippen molar-refractivity contribution in [2.75, 3.05) is 0 Å².